The molecule has 1 aliphatic heterocycles. The normalized spacial score (nSPS) is 18.2. The molecule has 1 N–H and O–H groups in total. The van der Waals surface area contributed by atoms with E-state index in [2.05, 4.69) is 35.1 Å². The van der Waals surface area contributed by atoms with Crippen molar-refractivity contribution in [2.75, 3.05) is 24.5 Å². The highest BCUT2D eigenvalue weighted by Gasteiger charge is 2.21. The van der Waals surface area contributed by atoms with Crippen molar-refractivity contribution in [2.24, 2.45) is 5.92 Å². The minimum absolute atomic E-state index is 0.516. The number of nitrogens with zero attached hydrogens (tertiary/aromatic N) is 3. The van der Waals surface area contributed by atoms with E-state index in [1.807, 2.05) is 19.1 Å². The molecule has 4 heteroatoms. The average Bonchev–Trinajstić information content (AvgIpc) is 2.90. The van der Waals surface area contributed by atoms with Crippen LogP contribution >= 0.6 is 0 Å². The second-order valence-corrected chi connectivity index (χ2v) is 6.03. The lowest BCUT2D eigenvalue weighted by molar-refractivity contribution is 0.537. The van der Waals surface area contributed by atoms with E-state index >= 15 is 0 Å². The van der Waals surface area contributed by atoms with Gasteiger partial charge in [0.15, 0.2) is 0 Å². The molecule has 1 aromatic rings. The van der Waals surface area contributed by atoms with Gasteiger partial charge in [0.2, 0.25) is 0 Å². The highest BCUT2D eigenvalue weighted by molar-refractivity contribution is 5.54. The van der Waals surface area contributed by atoms with Crippen molar-refractivity contribution >= 4 is 5.82 Å². The van der Waals surface area contributed by atoms with Crippen molar-refractivity contribution in [3.63, 3.8) is 0 Å². The van der Waals surface area contributed by atoms with Gasteiger partial charge in [0.1, 0.15) is 11.9 Å². The van der Waals surface area contributed by atoms with Crippen LogP contribution in [0.3, 0.4) is 0 Å². The summed E-state index contributed by atoms with van der Waals surface area (Å²) in [5, 5.41) is 12.9. The van der Waals surface area contributed by atoms with E-state index in [0.29, 0.717) is 17.5 Å². The van der Waals surface area contributed by atoms with E-state index in [4.69, 9.17) is 0 Å². The van der Waals surface area contributed by atoms with Crippen LogP contribution in [0, 0.1) is 24.2 Å². The number of hydrogen-bond donors (Lipinski definition) is 1. The number of rotatable bonds is 5. The first-order valence-corrected chi connectivity index (χ1v) is 7.46. The molecular weight excluding hydrogens is 248 g/mol. The summed E-state index contributed by atoms with van der Waals surface area (Å²) in [7, 11) is 0. The molecule has 1 saturated heterocycles. The smallest absolute Gasteiger partial charge is 0.146 e. The zero-order valence-corrected chi connectivity index (χ0v) is 12.7. The molecule has 1 fully saturated rings. The Labute approximate surface area is 121 Å². The van der Waals surface area contributed by atoms with Crippen LogP contribution in [0.2, 0.25) is 0 Å². The molecule has 20 heavy (non-hydrogen) atoms. The Bertz CT molecular complexity index is 484. The summed E-state index contributed by atoms with van der Waals surface area (Å²) < 4.78 is 0. The Balaban J connectivity index is 2.25. The first-order chi connectivity index (χ1) is 9.60. The van der Waals surface area contributed by atoms with Crippen molar-refractivity contribution in [2.45, 2.75) is 39.7 Å². The van der Waals surface area contributed by atoms with Gasteiger partial charge in [-0.2, -0.15) is 5.26 Å². The SMILES string of the molecule is Cc1ccc(C#N)c(N(CC(C)C)CC2CCCN2)n1. The van der Waals surface area contributed by atoms with Gasteiger partial charge >= 0.3 is 0 Å². The Morgan fingerprint density at radius 1 is 1.50 bits per heavy atom. The maximum atomic E-state index is 9.32. The highest BCUT2D eigenvalue weighted by Crippen LogP contribution is 2.21. The minimum Gasteiger partial charge on any atom is -0.354 e. The molecule has 1 aliphatic rings. The topological polar surface area (TPSA) is 52.0 Å². The second kappa shape index (κ2) is 6.71. The average molecular weight is 272 g/mol. The van der Waals surface area contributed by atoms with Gasteiger partial charge in [-0.25, -0.2) is 4.98 Å². The molecule has 1 unspecified atom stereocenters. The lowest BCUT2D eigenvalue weighted by Crippen LogP contribution is -2.40. The summed E-state index contributed by atoms with van der Waals surface area (Å²) in [5.74, 6) is 1.39. The van der Waals surface area contributed by atoms with E-state index in [9.17, 15) is 5.26 Å². The van der Waals surface area contributed by atoms with E-state index in [0.717, 1.165) is 31.1 Å². The molecule has 0 aromatic carbocycles. The Morgan fingerprint density at radius 3 is 2.90 bits per heavy atom. The number of aromatic nitrogens is 1. The van der Waals surface area contributed by atoms with E-state index in [1.54, 1.807) is 0 Å². The van der Waals surface area contributed by atoms with Crippen LogP contribution in [0.15, 0.2) is 12.1 Å². The predicted octanol–water partition coefficient (Wildman–Crippen LogP) is 2.48. The third kappa shape index (κ3) is 3.71. The van der Waals surface area contributed by atoms with Gasteiger partial charge < -0.3 is 10.2 Å². The van der Waals surface area contributed by atoms with Crippen LogP contribution in [0.25, 0.3) is 0 Å². The zero-order valence-electron chi connectivity index (χ0n) is 12.7. The molecule has 2 rings (SSSR count). The monoisotopic (exact) mass is 272 g/mol. The molecule has 2 heterocycles. The van der Waals surface area contributed by atoms with Crippen molar-refractivity contribution in [3.05, 3.63) is 23.4 Å². The molecule has 0 aliphatic carbocycles. The van der Waals surface area contributed by atoms with Crippen LogP contribution in [0.5, 0.6) is 0 Å². The van der Waals surface area contributed by atoms with Crippen molar-refractivity contribution < 1.29 is 0 Å². The lowest BCUT2D eigenvalue weighted by Gasteiger charge is -2.29. The summed E-state index contributed by atoms with van der Waals surface area (Å²) >= 11 is 0. The number of nitrogens with one attached hydrogen (secondary N) is 1. The second-order valence-electron chi connectivity index (χ2n) is 6.03. The molecule has 1 atom stereocenters. The van der Waals surface area contributed by atoms with Crippen LogP contribution in [-0.2, 0) is 0 Å². The molecule has 4 nitrogen and oxygen atoms in total. The van der Waals surface area contributed by atoms with Crippen molar-refractivity contribution in [1.82, 2.24) is 10.3 Å². The molecule has 0 radical (unpaired) electrons. The maximum absolute atomic E-state index is 9.32. The first kappa shape index (κ1) is 14.8. The summed E-state index contributed by atoms with van der Waals surface area (Å²) in [5.41, 5.74) is 1.64. The van der Waals surface area contributed by atoms with Crippen LogP contribution in [0.1, 0.15) is 37.9 Å². The van der Waals surface area contributed by atoms with Gasteiger partial charge in [0, 0.05) is 24.8 Å². The van der Waals surface area contributed by atoms with Crippen molar-refractivity contribution in [3.8, 4) is 6.07 Å². The summed E-state index contributed by atoms with van der Waals surface area (Å²) in [6.07, 6.45) is 2.45. The maximum Gasteiger partial charge on any atom is 0.146 e. The highest BCUT2D eigenvalue weighted by atomic mass is 15.2. The zero-order chi connectivity index (χ0) is 14.5. The predicted molar refractivity (Wildman–Crippen MR) is 81.8 cm³/mol. The fourth-order valence-electron chi connectivity index (χ4n) is 2.74. The van der Waals surface area contributed by atoms with Gasteiger partial charge in [-0.1, -0.05) is 13.8 Å². The van der Waals surface area contributed by atoms with E-state index < -0.39 is 0 Å². The Morgan fingerprint density at radius 2 is 2.30 bits per heavy atom. The van der Waals surface area contributed by atoms with Crippen molar-refractivity contribution in [1.29, 1.82) is 5.26 Å². The molecule has 108 valence electrons. The Hall–Kier alpha value is -1.60. The van der Waals surface area contributed by atoms with E-state index in [1.165, 1.54) is 12.8 Å². The summed E-state index contributed by atoms with van der Waals surface area (Å²) in [6.45, 7) is 9.36. The third-order valence-electron chi connectivity index (χ3n) is 3.62. The van der Waals surface area contributed by atoms with Gasteiger partial charge in [-0.05, 0) is 44.4 Å². The Kier molecular flexibility index (Phi) is 4.97. The van der Waals surface area contributed by atoms with Gasteiger partial charge in [0.25, 0.3) is 0 Å². The van der Waals surface area contributed by atoms with Crippen LogP contribution in [-0.4, -0.2) is 30.7 Å². The standard InChI is InChI=1S/C16H24N4/c1-12(2)10-20(11-15-5-4-8-18-15)16-14(9-17)7-6-13(3)19-16/h6-7,12,15,18H,4-5,8,10-11H2,1-3H3. The summed E-state index contributed by atoms with van der Waals surface area (Å²) in [4.78, 5) is 6.89. The quantitative estimate of drug-likeness (QED) is 0.894. The molecule has 0 spiro atoms. The molecule has 0 saturated carbocycles. The fourth-order valence-corrected chi connectivity index (χ4v) is 2.74. The van der Waals surface area contributed by atoms with Gasteiger partial charge in [0.05, 0.1) is 5.56 Å². The molecule has 0 bridgehead atoms. The fraction of sp³-hybridized carbons (Fsp3) is 0.625. The molecular formula is C16H24N4. The van der Waals surface area contributed by atoms with Gasteiger partial charge in [-0.15, -0.1) is 0 Å². The molecule has 1 aromatic heterocycles. The van der Waals surface area contributed by atoms with Gasteiger partial charge in [-0.3, -0.25) is 0 Å². The molecule has 0 amide bonds. The van der Waals surface area contributed by atoms with Crippen LogP contribution in [0.4, 0.5) is 5.82 Å². The number of aryl methyl sites for hydroxylation is 1. The minimum atomic E-state index is 0.516. The largest absolute Gasteiger partial charge is 0.354 e. The lowest BCUT2D eigenvalue weighted by atomic mass is 10.1. The third-order valence-corrected chi connectivity index (χ3v) is 3.62. The number of anilines is 1. The summed E-state index contributed by atoms with van der Waals surface area (Å²) in [6, 6.07) is 6.58. The number of hydrogen-bond acceptors (Lipinski definition) is 4. The number of nitriles is 1. The van der Waals surface area contributed by atoms with E-state index in [-0.39, 0.29) is 0 Å². The first-order valence-electron chi connectivity index (χ1n) is 7.46. The van der Waals surface area contributed by atoms with Crippen LogP contribution < -0.4 is 10.2 Å². The number of pyridine rings is 1.